The Labute approximate surface area is 123 Å². The molecule has 0 aliphatic rings. The van der Waals surface area contributed by atoms with Crippen LogP contribution in [0.5, 0.6) is 0 Å². The lowest BCUT2D eigenvalue weighted by Crippen LogP contribution is -2.18. The zero-order valence-corrected chi connectivity index (χ0v) is 15.4. The van der Waals surface area contributed by atoms with Crippen LogP contribution in [0, 0.1) is 0 Å². The highest BCUT2D eigenvalue weighted by molar-refractivity contribution is 7.19. The molecule has 0 radical (unpaired) electrons. The second kappa shape index (κ2) is 6.60. The lowest BCUT2D eigenvalue weighted by molar-refractivity contribution is 1.01. The fraction of sp³-hybridized carbons (Fsp3) is 0.571. The number of benzene rings is 1. The average Bonchev–Trinajstić information content (AvgIpc) is 2.22. The van der Waals surface area contributed by atoms with Gasteiger partial charge in [0.15, 0.2) is 14.8 Å². The van der Waals surface area contributed by atoms with Gasteiger partial charge in [0.2, 0.25) is 0 Å². The average molecular weight is 319 g/mol. The molecule has 0 spiro atoms. The molecule has 0 saturated carbocycles. The summed E-state index contributed by atoms with van der Waals surface area (Å²) in [6.45, 7) is 8.86. The second-order valence-electron chi connectivity index (χ2n) is 6.21. The predicted molar refractivity (Wildman–Crippen MR) is 90.1 cm³/mol. The molecule has 0 atom stereocenters. The molecule has 0 saturated heterocycles. The molecule has 0 aliphatic heterocycles. The zero-order valence-electron chi connectivity index (χ0n) is 11.9. The van der Waals surface area contributed by atoms with E-state index < -0.39 is 14.8 Å². The Hall–Kier alpha value is 0.234. The summed E-state index contributed by atoms with van der Waals surface area (Å²) in [7, 11) is -2.94. The van der Waals surface area contributed by atoms with Gasteiger partial charge in [0.25, 0.3) is 0 Å². The number of aryl methyl sites for hydroxylation is 2. The Morgan fingerprint density at radius 1 is 0.778 bits per heavy atom. The minimum atomic E-state index is -1.47. The summed E-state index contributed by atoms with van der Waals surface area (Å²) in [5.41, 5.74) is 2.93. The van der Waals surface area contributed by atoms with Crippen molar-refractivity contribution in [1.82, 2.24) is 0 Å². The van der Waals surface area contributed by atoms with E-state index in [0.29, 0.717) is 0 Å². The van der Waals surface area contributed by atoms with Crippen molar-refractivity contribution in [3.05, 3.63) is 35.4 Å². The van der Waals surface area contributed by atoms with Crippen LogP contribution in [-0.2, 0) is 12.8 Å². The predicted octanol–water partition coefficient (Wildman–Crippen LogP) is 5.66. The van der Waals surface area contributed by atoms with Crippen molar-refractivity contribution in [2.24, 2.45) is 0 Å². The third-order valence-electron chi connectivity index (χ3n) is 3.10. The van der Waals surface area contributed by atoms with Crippen LogP contribution in [-0.4, -0.2) is 14.8 Å². The molecule has 102 valence electrons. The van der Waals surface area contributed by atoms with Crippen molar-refractivity contribution >= 4 is 36.9 Å². The summed E-state index contributed by atoms with van der Waals surface area (Å²) in [5, 5.41) is 0. The van der Waals surface area contributed by atoms with Gasteiger partial charge in [-0.15, -0.1) is 0 Å². The van der Waals surface area contributed by atoms with Gasteiger partial charge in [-0.05, 0) is 36.1 Å². The van der Waals surface area contributed by atoms with Gasteiger partial charge in [-0.1, -0.05) is 50.5 Å². The van der Waals surface area contributed by atoms with Crippen LogP contribution in [0.1, 0.15) is 11.1 Å². The fourth-order valence-electron chi connectivity index (χ4n) is 1.91. The minimum absolute atomic E-state index is 1.11. The van der Waals surface area contributed by atoms with Crippen molar-refractivity contribution in [1.29, 1.82) is 0 Å². The molecule has 1 rings (SSSR count). The summed E-state index contributed by atoms with van der Waals surface area (Å²) >= 11 is 12.8. The van der Waals surface area contributed by atoms with Gasteiger partial charge < -0.3 is 0 Å². The number of hydrogen-bond acceptors (Lipinski definition) is 0. The first-order valence-electron chi connectivity index (χ1n) is 6.62. The van der Waals surface area contributed by atoms with E-state index in [2.05, 4.69) is 50.5 Å². The Bertz CT molecular complexity index is 341. The first-order valence-corrected chi connectivity index (χ1v) is 15.1. The maximum atomic E-state index is 6.41. The van der Waals surface area contributed by atoms with Crippen molar-refractivity contribution in [3.63, 3.8) is 0 Å². The Morgan fingerprint density at radius 2 is 1.11 bits per heavy atom. The molecule has 0 bridgehead atoms. The smallest absolute Gasteiger partial charge is 0.150 e. The van der Waals surface area contributed by atoms with Crippen LogP contribution in [0.25, 0.3) is 0 Å². The standard InChI is InChI=1S/C14H24Cl2Si2/c1-17(2,15)11-9-13-7-5-6-8-14(13)10-12-18(3,4)16/h5-8H,9-12H2,1-4H3. The molecule has 0 N–H and O–H groups in total. The first-order chi connectivity index (χ1) is 8.17. The Balaban J connectivity index is 2.68. The van der Waals surface area contributed by atoms with Crippen LogP contribution in [0.4, 0.5) is 0 Å². The summed E-state index contributed by atoms with van der Waals surface area (Å²) in [6, 6.07) is 11.0. The maximum absolute atomic E-state index is 6.41. The van der Waals surface area contributed by atoms with E-state index in [0.717, 1.165) is 24.9 Å². The highest BCUT2D eigenvalue weighted by Gasteiger charge is 2.19. The SMILES string of the molecule is C[Si](C)(Cl)CCc1ccccc1CC[Si](C)(C)Cl. The summed E-state index contributed by atoms with van der Waals surface area (Å²) in [6.07, 6.45) is 2.23. The van der Waals surface area contributed by atoms with Crippen molar-refractivity contribution in [2.45, 2.75) is 51.1 Å². The molecule has 0 amide bonds. The van der Waals surface area contributed by atoms with Crippen LogP contribution >= 0.6 is 22.2 Å². The first kappa shape index (κ1) is 16.3. The number of hydrogen-bond donors (Lipinski definition) is 0. The molecule has 0 aliphatic carbocycles. The van der Waals surface area contributed by atoms with E-state index >= 15 is 0 Å². The normalized spacial score (nSPS) is 12.8. The molecular formula is C14H24Cl2Si2. The molecule has 1 aromatic rings. The van der Waals surface area contributed by atoms with Crippen molar-refractivity contribution in [3.8, 4) is 0 Å². The molecule has 0 heterocycles. The Morgan fingerprint density at radius 3 is 1.39 bits per heavy atom. The van der Waals surface area contributed by atoms with E-state index in [9.17, 15) is 0 Å². The maximum Gasteiger partial charge on any atom is 0.150 e. The van der Waals surface area contributed by atoms with Crippen LogP contribution in [0.3, 0.4) is 0 Å². The van der Waals surface area contributed by atoms with Gasteiger partial charge in [-0.2, -0.15) is 22.2 Å². The third-order valence-corrected chi connectivity index (χ3v) is 7.11. The highest BCUT2D eigenvalue weighted by atomic mass is 35.6. The van der Waals surface area contributed by atoms with E-state index in [4.69, 9.17) is 22.2 Å². The molecule has 0 nitrogen and oxygen atoms in total. The van der Waals surface area contributed by atoms with Gasteiger partial charge in [-0.25, -0.2) is 0 Å². The molecule has 0 aromatic heterocycles. The second-order valence-corrected chi connectivity index (χ2v) is 20.2. The number of rotatable bonds is 6. The molecule has 0 unspecified atom stereocenters. The molecular weight excluding hydrogens is 295 g/mol. The van der Waals surface area contributed by atoms with Gasteiger partial charge >= 0.3 is 0 Å². The van der Waals surface area contributed by atoms with Gasteiger partial charge in [0.1, 0.15) is 0 Å². The molecule has 1 aromatic carbocycles. The van der Waals surface area contributed by atoms with E-state index in [1.54, 1.807) is 0 Å². The third kappa shape index (κ3) is 6.98. The summed E-state index contributed by atoms with van der Waals surface area (Å²) in [5.74, 6) is 0. The summed E-state index contributed by atoms with van der Waals surface area (Å²) < 4.78 is 0. The lowest BCUT2D eigenvalue weighted by atomic mass is 10.0. The van der Waals surface area contributed by atoms with Gasteiger partial charge in [0, 0.05) is 0 Å². The quantitative estimate of drug-likeness (QED) is 0.469. The van der Waals surface area contributed by atoms with Gasteiger partial charge in [0.05, 0.1) is 0 Å². The van der Waals surface area contributed by atoms with Crippen LogP contribution in [0.2, 0.25) is 38.3 Å². The summed E-state index contributed by atoms with van der Waals surface area (Å²) in [4.78, 5) is 0. The largest absolute Gasteiger partial charge is 0.168 e. The molecule has 18 heavy (non-hydrogen) atoms. The van der Waals surface area contributed by atoms with Crippen molar-refractivity contribution < 1.29 is 0 Å². The minimum Gasteiger partial charge on any atom is -0.168 e. The number of halogens is 2. The van der Waals surface area contributed by atoms with Crippen molar-refractivity contribution in [2.75, 3.05) is 0 Å². The lowest BCUT2D eigenvalue weighted by Gasteiger charge is -2.17. The van der Waals surface area contributed by atoms with Crippen LogP contribution in [0.15, 0.2) is 24.3 Å². The van der Waals surface area contributed by atoms with Gasteiger partial charge in [-0.3, -0.25) is 0 Å². The van der Waals surface area contributed by atoms with E-state index in [1.165, 1.54) is 11.1 Å². The monoisotopic (exact) mass is 318 g/mol. The highest BCUT2D eigenvalue weighted by Crippen LogP contribution is 2.23. The zero-order chi connectivity index (χ0) is 13.8. The fourth-order valence-corrected chi connectivity index (χ4v) is 4.20. The van der Waals surface area contributed by atoms with E-state index in [-0.39, 0.29) is 0 Å². The van der Waals surface area contributed by atoms with Crippen LogP contribution < -0.4 is 0 Å². The topological polar surface area (TPSA) is 0 Å². The van der Waals surface area contributed by atoms with E-state index in [1.807, 2.05) is 0 Å². The molecule has 0 fully saturated rings. The molecule has 4 heteroatoms. The Kier molecular flexibility index (Phi) is 5.97.